The van der Waals surface area contributed by atoms with Crippen LogP contribution >= 0.6 is 27.5 Å². The van der Waals surface area contributed by atoms with Crippen LogP contribution in [0.25, 0.3) is 22.0 Å². The summed E-state index contributed by atoms with van der Waals surface area (Å²) in [5.41, 5.74) is 2.77. The predicted octanol–water partition coefficient (Wildman–Crippen LogP) is 4.57. The average molecular weight is 614 g/mol. The van der Waals surface area contributed by atoms with Gasteiger partial charge < -0.3 is 4.90 Å². The van der Waals surface area contributed by atoms with Gasteiger partial charge in [-0.05, 0) is 52.7 Å². The van der Waals surface area contributed by atoms with Crippen LogP contribution in [0.2, 0.25) is 5.02 Å². The number of rotatable bonds is 7. The summed E-state index contributed by atoms with van der Waals surface area (Å²) >= 11 is 9.31. The molecule has 1 saturated heterocycles. The van der Waals surface area contributed by atoms with E-state index in [2.05, 4.69) is 36.0 Å². The molecule has 1 amide bonds. The maximum Gasteiger partial charge on any atom is 0.245 e. The minimum atomic E-state index is -1.33. The molecule has 0 aliphatic carbocycles. The van der Waals surface area contributed by atoms with E-state index in [1.165, 1.54) is 16.5 Å². The van der Waals surface area contributed by atoms with E-state index in [-0.39, 0.29) is 43.2 Å². The lowest BCUT2D eigenvalue weighted by molar-refractivity contribution is -0.138. The molecule has 1 aliphatic rings. The smallest absolute Gasteiger partial charge is 0.245 e. The number of pyridine rings is 1. The Morgan fingerprint density at radius 2 is 1.87 bits per heavy atom. The van der Waals surface area contributed by atoms with Crippen LogP contribution in [-0.4, -0.2) is 65.9 Å². The van der Waals surface area contributed by atoms with Gasteiger partial charge in [-0.3, -0.25) is 19.1 Å². The molecule has 4 heterocycles. The monoisotopic (exact) mass is 612 g/mol. The molecule has 0 saturated carbocycles. The van der Waals surface area contributed by atoms with E-state index in [9.17, 15) is 18.8 Å². The van der Waals surface area contributed by atoms with Gasteiger partial charge in [-0.2, -0.15) is 5.10 Å². The maximum absolute atomic E-state index is 14.5. The Balaban J connectivity index is 1.40. The highest BCUT2D eigenvalue weighted by Gasteiger charge is 2.39. The Bertz CT molecular complexity index is 1590. The lowest BCUT2D eigenvalue weighted by Crippen LogP contribution is -2.43. The highest BCUT2D eigenvalue weighted by atomic mass is 79.9. The number of aromatic nitrogens is 5. The fraction of sp³-hybridized carbons (Fsp3) is 0.296. The summed E-state index contributed by atoms with van der Waals surface area (Å²) in [7, 11) is 0. The summed E-state index contributed by atoms with van der Waals surface area (Å²) in [6.07, 6.45) is 1.88. The highest BCUT2D eigenvalue weighted by molar-refractivity contribution is 9.10. The molecule has 9 nitrogen and oxygen atoms in total. The third kappa shape index (κ3) is 5.74. The van der Waals surface area contributed by atoms with Crippen LogP contribution in [0, 0.1) is 6.92 Å². The molecule has 39 heavy (non-hydrogen) atoms. The molecule has 5 rings (SSSR count). The van der Waals surface area contributed by atoms with E-state index in [1.807, 2.05) is 12.1 Å². The van der Waals surface area contributed by atoms with E-state index in [1.54, 1.807) is 37.5 Å². The number of Topliss-reactive ketones (excluding diaryl/α,β-unsaturated/α-hetero) is 2. The second-order valence-electron chi connectivity index (χ2n) is 9.45. The van der Waals surface area contributed by atoms with Gasteiger partial charge in [0.05, 0.1) is 30.2 Å². The third-order valence-corrected chi connectivity index (χ3v) is 7.22. The molecular formula is C27H23BrClFN6O3. The van der Waals surface area contributed by atoms with Gasteiger partial charge in [-0.25, -0.2) is 19.3 Å². The molecule has 1 aliphatic heterocycles. The number of halogens is 3. The number of benzene rings is 1. The number of ketones is 2. The van der Waals surface area contributed by atoms with Gasteiger partial charge in [0, 0.05) is 41.7 Å². The number of alkyl halides is 1. The Hall–Kier alpha value is -3.57. The zero-order valence-corrected chi connectivity index (χ0v) is 23.4. The number of aryl methyl sites for hydroxylation is 1. The molecule has 0 bridgehead atoms. The zero-order chi connectivity index (χ0) is 27.8. The normalized spacial score (nSPS) is 17.1. The van der Waals surface area contributed by atoms with Crippen molar-refractivity contribution in [2.75, 3.05) is 6.54 Å². The Morgan fingerprint density at radius 1 is 1.13 bits per heavy atom. The van der Waals surface area contributed by atoms with Gasteiger partial charge in [0.15, 0.2) is 11.6 Å². The van der Waals surface area contributed by atoms with Crippen LogP contribution in [0.4, 0.5) is 4.39 Å². The molecule has 3 aromatic heterocycles. The van der Waals surface area contributed by atoms with Crippen molar-refractivity contribution in [3.05, 3.63) is 69.6 Å². The van der Waals surface area contributed by atoms with Crippen LogP contribution in [-0.2, 0) is 22.6 Å². The summed E-state index contributed by atoms with van der Waals surface area (Å²) in [5.74, 6) is -0.419. The maximum atomic E-state index is 14.5. The van der Waals surface area contributed by atoms with Crippen LogP contribution in [0.1, 0.15) is 35.4 Å². The SMILES string of the molecule is CC(=O)c1nn(CC(=O)N2C[C@H](F)C[C@H]2C(=O)Cc2cc(Cl)cc(Br)n2)c2ccc(-c3cnc(C)nc3)cc12. The van der Waals surface area contributed by atoms with Crippen molar-refractivity contribution in [2.45, 2.75) is 45.4 Å². The van der Waals surface area contributed by atoms with Gasteiger partial charge in [-0.15, -0.1) is 0 Å². The van der Waals surface area contributed by atoms with E-state index >= 15 is 0 Å². The summed E-state index contributed by atoms with van der Waals surface area (Å²) in [6, 6.07) is 7.64. The average Bonchev–Trinajstić information content (AvgIpc) is 3.44. The van der Waals surface area contributed by atoms with Gasteiger partial charge in [0.2, 0.25) is 5.91 Å². The summed E-state index contributed by atoms with van der Waals surface area (Å²) in [4.78, 5) is 52.8. The van der Waals surface area contributed by atoms with E-state index < -0.39 is 18.1 Å². The van der Waals surface area contributed by atoms with Crippen molar-refractivity contribution < 1.29 is 18.8 Å². The minimum absolute atomic E-state index is 0.0904. The number of hydrogen-bond donors (Lipinski definition) is 0. The molecule has 0 radical (unpaired) electrons. The van der Waals surface area contributed by atoms with Crippen molar-refractivity contribution in [3.8, 4) is 11.1 Å². The predicted molar refractivity (Wildman–Crippen MR) is 146 cm³/mol. The van der Waals surface area contributed by atoms with Crippen LogP contribution < -0.4 is 0 Å². The first-order chi connectivity index (χ1) is 18.6. The lowest BCUT2D eigenvalue weighted by atomic mass is 10.0. The quantitative estimate of drug-likeness (QED) is 0.222. The highest BCUT2D eigenvalue weighted by Crippen LogP contribution is 2.28. The number of nitrogens with zero attached hydrogens (tertiary/aromatic N) is 6. The fourth-order valence-corrected chi connectivity index (χ4v) is 5.60. The zero-order valence-electron chi connectivity index (χ0n) is 21.1. The number of carbonyl (C=O) groups excluding carboxylic acids is 3. The van der Waals surface area contributed by atoms with Crippen LogP contribution in [0.3, 0.4) is 0 Å². The van der Waals surface area contributed by atoms with Crippen LogP contribution in [0.5, 0.6) is 0 Å². The van der Waals surface area contributed by atoms with Crippen molar-refractivity contribution in [3.63, 3.8) is 0 Å². The summed E-state index contributed by atoms with van der Waals surface area (Å²) in [6.45, 7) is 2.74. The van der Waals surface area contributed by atoms with Crippen molar-refractivity contribution >= 4 is 55.9 Å². The number of hydrogen-bond acceptors (Lipinski definition) is 7. The van der Waals surface area contributed by atoms with Crippen molar-refractivity contribution in [2.24, 2.45) is 0 Å². The number of amides is 1. The minimum Gasteiger partial charge on any atom is -0.328 e. The topological polar surface area (TPSA) is 111 Å². The molecule has 1 fully saturated rings. The first kappa shape index (κ1) is 27.0. The molecule has 0 N–H and O–H groups in total. The van der Waals surface area contributed by atoms with E-state index in [4.69, 9.17) is 11.6 Å². The summed E-state index contributed by atoms with van der Waals surface area (Å²) in [5, 5.41) is 5.39. The Kier molecular flexibility index (Phi) is 7.55. The van der Waals surface area contributed by atoms with Gasteiger partial charge in [0.1, 0.15) is 28.8 Å². The molecule has 2 atom stereocenters. The molecular weight excluding hydrogens is 591 g/mol. The van der Waals surface area contributed by atoms with Gasteiger partial charge in [0.25, 0.3) is 0 Å². The van der Waals surface area contributed by atoms with E-state index in [0.717, 1.165) is 11.1 Å². The number of likely N-dealkylation sites (tertiary alicyclic amines) is 1. The molecule has 0 unspecified atom stereocenters. The molecule has 4 aromatic rings. The van der Waals surface area contributed by atoms with Crippen molar-refractivity contribution in [1.82, 2.24) is 29.6 Å². The number of carbonyl (C=O) groups is 3. The third-order valence-electron chi connectivity index (χ3n) is 6.59. The lowest BCUT2D eigenvalue weighted by Gasteiger charge is -2.23. The largest absolute Gasteiger partial charge is 0.328 e. The second-order valence-corrected chi connectivity index (χ2v) is 10.7. The van der Waals surface area contributed by atoms with Gasteiger partial charge >= 0.3 is 0 Å². The Labute approximate surface area is 236 Å². The van der Waals surface area contributed by atoms with Crippen LogP contribution in [0.15, 0.2) is 47.3 Å². The first-order valence-electron chi connectivity index (χ1n) is 12.2. The Morgan fingerprint density at radius 3 is 2.56 bits per heavy atom. The van der Waals surface area contributed by atoms with Gasteiger partial charge in [-0.1, -0.05) is 17.7 Å². The van der Waals surface area contributed by atoms with E-state index in [0.29, 0.717) is 32.0 Å². The number of fused-ring (bicyclic) bond motifs is 1. The standard InChI is InChI=1S/C27H23BrClFN6O3/c1-14(37)27-21-5-16(17-10-31-15(2)32-11-17)3-4-22(21)36(34-27)13-26(39)35-12-19(30)8-23(35)24(38)9-20-6-18(29)7-25(28)33-20/h3-7,10-11,19,23H,8-9,12-13H2,1-2H3/t19-,23+/m1/s1. The molecule has 1 aromatic carbocycles. The first-order valence-corrected chi connectivity index (χ1v) is 13.3. The molecule has 0 spiro atoms. The summed E-state index contributed by atoms with van der Waals surface area (Å²) < 4.78 is 16.4. The molecule has 200 valence electrons. The fourth-order valence-electron chi connectivity index (χ4n) is 4.77. The molecule has 12 heteroatoms. The second kappa shape index (κ2) is 10.9. The van der Waals surface area contributed by atoms with Crippen molar-refractivity contribution in [1.29, 1.82) is 0 Å².